The van der Waals surface area contributed by atoms with E-state index in [1.807, 2.05) is 0 Å². The second-order valence-corrected chi connectivity index (χ2v) is 5.51. The molecule has 1 radical (unpaired) electrons. The molecule has 119 valence electrons. The van der Waals surface area contributed by atoms with E-state index in [0.29, 0.717) is 0 Å². The zero-order valence-electron chi connectivity index (χ0n) is 12.7. The summed E-state index contributed by atoms with van der Waals surface area (Å²) < 4.78 is 5.00. The van der Waals surface area contributed by atoms with E-state index in [1.54, 1.807) is 27.1 Å². The molecule has 8 nitrogen and oxygen atoms in total. The molecule has 0 aromatic heterocycles. The zero-order chi connectivity index (χ0) is 16.6. The van der Waals surface area contributed by atoms with Crippen molar-refractivity contribution in [2.45, 2.75) is 58.2 Å². The Morgan fingerprint density at radius 3 is 2.24 bits per heavy atom. The monoisotopic (exact) mass is 300 g/mol. The van der Waals surface area contributed by atoms with Crippen LogP contribution in [0, 0.1) is 0 Å². The van der Waals surface area contributed by atoms with Crippen LogP contribution in [-0.2, 0) is 19.1 Å². The number of hydrogen-bond acceptors (Lipinski definition) is 5. The van der Waals surface area contributed by atoms with Crippen molar-refractivity contribution in [3.8, 4) is 0 Å². The van der Waals surface area contributed by atoms with Gasteiger partial charge in [-0.3, -0.25) is 14.4 Å². The molecule has 0 unspecified atom stereocenters. The minimum atomic E-state index is -0.984. The number of carbonyl (C=O) groups excluding carboxylic acids is 4. The third-order valence-electron chi connectivity index (χ3n) is 2.32. The topological polar surface area (TPSA) is 128 Å². The van der Waals surface area contributed by atoms with Crippen LogP contribution in [0.2, 0.25) is 0 Å². The van der Waals surface area contributed by atoms with E-state index in [0.717, 1.165) is 0 Å². The van der Waals surface area contributed by atoms with Gasteiger partial charge in [-0.05, 0) is 34.1 Å². The van der Waals surface area contributed by atoms with E-state index in [4.69, 9.17) is 10.5 Å². The van der Waals surface area contributed by atoms with Gasteiger partial charge in [0.05, 0.1) is 0 Å². The number of alkyl carbamates (subject to hydrolysis) is 1. The Morgan fingerprint density at radius 2 is 1.81 bits per heavy atom. The van der Waals surface area contributed by atoms with E-state index in [9.17, 15) is 19.2 Å². The predicted molar refractivity (Wildman–Crippen MR) is 74.9 cm³/mol. The number of rotatable bonds is 7. The summed E-state index contributed by atoms with van der Waals surface area (Å²) in [6.45, 7) is 6.51. The molecule has 0 bridgehead atoms. The molecule has 0 fully saturated rings. The first-order valence-corrected chi connectivity index (χ1v) is 6.51. The molecule has 0 aromatic carbocycles. The number of ether oxygens (including phenoxy) is 1. The molecule has 21 heavy (non-hydrogen) atoms. The van der Waals surface area contributed by atoms with E-state index < -0.39 is 35.6 Å². The number of nitrogens with two attached hydrogens (primary N) is 1. The summed E-state index contributed by atoms with van der Waals surface area (Å²) in [4.78, 5) is 44.6. The number of primary amides is 1. The highest BCUT2D eigenvalue weighted by molar-refractivity contribution is 5.90. The Hall–Kier alpha value is -2.12. The molecule has 2 atom stereocenters. The van der Waals surface area contributed by atoms with Gasteiger partial charge < -0.3 is 21.1 Å². The van der Waals surface area contributed by atoms with Crippen LogP contribution < -0.4 is 16.4 Å². The molecule has 0 heterocycles. The SMILES string of the molecule is C[C@H](NC(=O)OC(C)(C)C)C(=O)N[C@H](CC[C]=O)C(N)=O. The van der Waals surface area contributed by atoms with Crippen LogP contribution in [0.5, 0.6) is 0 Å². The highest BCUT2D eigenvalue weighted by atomic mass is 16.6. The fraction of sp³-hybridized carbons (Fsp3) is 0.692. The van der Waals surface area contributed by atoms with Crippen molar-refractivity contribution in [1.82, 2.24) is 10.6 Å². The quantitative estimate of drug-likeness (QED) is 0.598. The highest BCUT2D eigenvalue weighted by Crippen LogP contribution is 2.06. The lowest BCUT2D eigenvalue weighted by Crippen LogP contribution is -2.52. The first-order valence-electron chi connectivity index (χ1n) is 6.51. The minimum absolute atomic E-state index is 0.0260. The molecule has 0 aliphatic carbocycles. The van der Waals surface area contributed by atoms with Gasteiger partial charge in [-0.2, -0.15) is 0 Å². The molecule has 3 amide bonds. The summed E-state index contributed by atoms with van der Waals surface area (Å²) in [7, 11) is 0. The number of amides is 3. The maximum Gasteiger partial charge on any atom is 0.408 e. The van der Waals surface area contributed by atoms with Crippen molar-refractivity contribution < 1.29 is 23.9 Å². The number of carbonyl (C=O) groups is 3. The van der Waals surface area contributed by atoms with E-state index >= 15 is 0 Å². The van der Waals surface area contributed by atoms with Crippen LogP contribution in [0.3, 0.4) is 0 Å². The van der Waals surface area contributed by atoms with Gasteiger partial charge in [-0.25, -0.2) is 4.79 Å². The second-order valence-electron chi connectivity index (χ2n) is 5.51. The standard InChI is InChI=1S/C13H22N3O5/c1-8(15-12(20)21-13(2,3)4)11(19)16-9(10(14)18)6-5-7-17/h8-9H,5-6H2,1-4H3,(H2,14,18)(H,15,20)(H,16,19)/t8-,9+/m0/s1. The molecule has 0 aliphatic heterocycles. The van der Waals surface area contributed by atoms with Crippen LogP contribution in [-0.4, -0.2) is 41.9 Å². The summed E-state index contributed by atoms with van der Waals surface area (Å²) in [5.74, 6) is -1.36. The van der Waals surface area contributed by atoms with E-state index in [-0.39, 0.29) is 12.8 Å². The predicted octanol–water partition coefficient (Wildman–Crippen LogP) is -0.240. The smallest absolute Gasteiger partial charge is 0.408 e. The summed E-state index contributed by atoms with van der Waals surface area (Å²) >= 11 is 0. The van der Waals surface area contributed by atoms with Crippen molar-refractivity contribution in [3.63, 3.8) is 0 Å². The maximum absolute atomic E-state index is 11.8. The molecule has 0 rings (SSSR count). The molecule has 0 saturated carbocycles. The van der Waals surface area contributed by atoms with Crippen LogP contribution in [0.15, 0.2) is 0 Å². The molecule has 0 aliphatic rings. The van der Waals surface area contributed by atoms with Gasteiger partial charge >= 0.3 is 6.09 Å². The third kappa shape index (κ3) is 8.61. The number of nitrogens with one attached hydrogen (secondary N) is 2. The van der Waals surface area contributed by atoms with Gasteiger partial charge in [0, 0.05) is 6.42 Å². The molecule has 0 spiro atoms. The summed E-state index contributed by atoms with van der Waals surface area (Å²) in [6.07, 6.45) is 0.900. The summed E-state index contributed by atoms with van der Waals surface area (Å²) in [6, 6.07) is -1.90. The first kappa shape index (κ1) is 18.9. The van der Waals surface area contributed by atoms with Crippen molar-refractivity contribution in [2.75, 3.05) is 0 Å². The average Bonchev–Trinajstić information content (AvgIpc) is 2.30. The van der Waals surface area contributed by atoms with Gasteiger partial charge in [-0.15, -0.1) is 0 Å². The lowest BCUT2D eigenvalue weighted by Gasteiger charge is -2.22. The zero-order valence-corrected chi connectivity index (χ0v) is 12.7. The molecule has 4 N–H and O–H groups in total. The Kier molecular flexibility index (Phi) is 7.40. The van der Waals surface area contributed by atoms with E-state index in [1.165, 1.54) is 6.92 Å². The summed E-state index contributed by atoms with van der Waals surface area (Å²) in [5, 5.41) is 4.69. The fourth-order valence-corrected chi connectivity index (χ4v) is 1.34. The average molecular weight is 300 g/mol. The maximum atomic E-state index is 11.8. The van der Waals surface area contributed by atoms with Crippen LogP contribution in [0.25, 0.3) is 0 Å². The lowest BCUT2D eigenvalue weighted by atomic mass is 10.1. The fourth-order valence-electron chi connectivity index (χ4n) is 1.34. The van der Waals surface area contributed by atoms with Crippen molar-refractivity contribution in [2.24, 2.45) is 5.73 Å². The van der Waals surface area contributed by atoms with Crippen molar-refractivity contribution >= 4 is 24.2 Å². The van der Waals surface area contributed by atoms with Crippen molar-refractivity contribution in [3.05, 3.63) is 0 Å². The molecular weight excluding hydrogens is 278 g/mol. The Morgan fingerprint density at radius 1 is 1.24 bits per heavy atom. The van der Waals surface area contributed by atoms with E-state index in [2.05, 4.69) is 10.6 Å². The second kappa shape index (κ2) is 8.23. The molecule has 0 aromatic rings. The van der Waals surface area contributed by atoms with Crippen LogP contribution in [0.4, 0.5) is 4.79 Å². The normalized spacial score (nSPS) is 13.7. The third-order valence-corrected chi connectivity index (χ3v) is 2.32. The largest absolute Gasteiger partial charge is 0.444 e. The van der Waals surface area contributed by atoms with Crippen LogP contribution >= 0.6 is 0 Å². The summed E-state index contributed by atoms with van der Waals surface area (Å²) in [5.41, 5.74) is 4.43. The Labute approximate surface area is 123 Å². The van der Waals surface area contributed by atoms with Gasteiger partial charge in [0.25, 0.3) is 0 Å². The molecule has 0 saturated heterocycles. The minimum Gasteiger partial charge on any atom is -0.444 e. The van der Waals surface area contributed by atoms with Crippen molar-refractivity contribution in [1.29, 1.82) is 0 Å². The Bertz CT molecular complexity index is 403. The van der Waals surface area contributed by atoms with Gasteiger partial charge in [0.2, 0.25) is 11.8 Å². The van der Waals surface area contributed by atoms with Gasteiger partial charge in [0.15, 0.2) is 6.29 Å². The molecular formula is C13H22N3O5. The first-order chi connectivity index (χ1) is 9.56. The van der Waals surface area contributed by atoms with Gasteiger partial charge in [-0.1, -0.05) is 0 Å². The highest BCUT2D eigenvalue weighted by Gasteiger charge is 2.24. The van der Waals surface area contributed by atoms with Crippen LogP contribution in [0.1, 0.15) is 40.5 Å². The Balaban J connectivity index is 4.45. The lowest BCUT2D eigenvalue weighted by molar-refractivity contribution is -0.128. The molecule has 8 heteroatoms. The van der Waals surface area contributed by atoms with Gasteiger partial charge in [0.1, 0.15) is 17.7 Å². The number of hydrogen-bond donors (Lipinski definition) is 3.